The minimum Gasteiger partial charge on any atom is -0.493 e. The van der Waals surface area contributed by atoms with Gasteiger partial charge in [-0.05, 0) is 38.0 Å². The minimum absolute atomic E-state index is 0.00571. The molecule has 1 fully saturated rings. The van der Waals surface area contributed by atoms with E-state index >= 15 is 0 Å². The molecule has 0 atom stereocenters. The van der Waals surface area contributed by atoms with Gasteiger partial charge < -0.3 is 19.7 Å². The summed E-state index contributed by atoms with van der Waals surface area (Å²) in [6, 6.07) is 12.4. The highest BCUT2D eigenvalue weighted by atomic mass is 16.5. The Hall–Kier alpha value is -3.35. The summed E-state index contributed by atoms with van der Waals surface area (Å²) in [5, 5.41) is 3.03. The van der Waals surface area contributed by atoms with E-state index in [4.69, 9.17) is 9.47 Å². The number of methoxy groups -OCH3 is 2. The highest BCUT2D eigenvalue weighted by Crippen LogP contribution is 2.27. The second-order valence-corrected chi connectivity index (χ2v) is 7.99. The predicted molar refractivity (Wildman–Crippen MR) is 121 cm³/mol. The summed E-state index contributed by atoms with van der Waals surface area (Å²) < 4.78 is 10.5. The number of hydrogen-bond donors (Lipinski definition) is 1. The van der Waals surface area contributed by atoms with Gasteiger partial charge >= 0.3 is 0 Å². The van der Waals surface area contributed by atoms with Crippen molar-refractivity contribution in [3.63, 3.8) is 0 Å². The average molecular weight is 439 g/mol. The highest BCUT2D eigenvalue weighted by molar-refractivity contribution is 5.98. The van der Waals surface area contributed by atoms with Gasteiger partial charge in [0.05, 0.1) is 14.2 Å². The molecule has 3 rings (SSSR count). The maximum absolute atomic E-state index is 12.6. The van der Waals surface area contributed by atoms with E-state index in [0.717, 1.165) is 5.56 Å². The second kappa shape index (κ2) is 10.8. The summed E-state index contributed by atoms with van der Waals surface area (Å²) >= 11 is 0. The first-order chi connectivity index (χ1) is 15.4. The maximum atomic E-state index is 12.6. The van der Waals surface area contributed by atoms with Gasteiger partial charge in [0.25, 0.3) is 5.91 Å². The Bertz CT molecular complexity index is 963. The van der Waals surface area contributed by atoms with Crippen molar-refractivity contribution in [2.75, 3.05) is 27.3 Å². The van der Waals surface area contributed by atoms with Crippen molar-refractivity contribution in [2.45, 2.75) is 38.6 Å². The largest absolute Gasteiger partial charge is 0.493 e. The molecule has 0 radical (unpaired) electrons. The lowest BCUT2D eigenvalue weighted by molar-refractivity contribution is -0.132. The van der Waals surface area contributed by atoms with Crippen molar-refractivity contribution >= 4 is 17.6 Å². The van der Waals surface area contributed by atoms with Gasteiger partial charge in [0.15, 0.2) is 17.3 Å². The molecule has 2 amide bonds. The highest BCUT2D eigenvalue weighted by Gasteiger charge is 2.25. The van der Waals surface area contributed by atoms with Crippen molar-refractivity contribution in [1.82, 2.24) is 10.2 Å². The van der Waals surface area contributed by atoms with E-state index in [-0.39, 0.29) is 36.5 Å². The van der Waals surface area contributed by atoms with Crippen LogP contribution in [0.5, 0.6) is 11.5 Å². The summed E-state index contributed by atoms with van der Waals surface area (Å²) in [7, 11) is 3.08. The van der Waals surface area contributed by atoms with Gasteiger partial charge in [0.2, 0.25) is 5.91 Å². The molecule has 0 unspecified atom stereocenters. The molecule has 170 valence electrons. The molecule has 1 N–H and O–H groups in total. The number of nitrogens with zero attached hydrogens (tertiary/aromatic N) is 1. The summed E-state index contributed by atoms with van der Waals surface area (Å²) in [5.74, 6) is 0.849. The molecular weight excluding hydrogens is 408 g/mol. The number of aryl methyl sites for hydroxylation is 1. The number of piperidine rings is 1. The molecule has 1 saturated heterocycles. The van der Waals surface area contributed by atoms with Crippen LogP contribution in [0.4, 0.5) is 0 Å². The number of likely N-dealkylation sites (tertiary alicyclic amines) is 1. The number of ether oxygens (including phenoxy) is 2. The summed E-state index contributed by atoms with van der Waals surface area (Å²) in [6.07, 6.45) is 1.76. The van der Waals surface area contributed by atoms with E-state index in [9.17, 15) is 14.4 Å². The molecule has 0 aliphatic carbocycles. The maximum Gasteiger partial charge on any atom is 0.251 e. The quantitative estimate of drug-likeness (QED) is 0.639. The van der Waals surface area contributed by atoms with E-state index in [1.165, 1.54) is 7.11 Å². The fraction of sp³-hybridized carbons (Fsp3) is 0.400. The van der Waals surface area contributed by atoms with E-state index in [0.29, 0.717) is 48.6 Å². The van der Waals surface area contributed by atoms with E-state index < -0.39 is 0 Å². The monoisotopic (exact) mass is 438 g/mol. The normalized spacial score (nSPS) is 14.0. The Morgan fingerprint density at radius 1 is 0.906 bits per heavy atom. The molecule has 2 aromatic rings. The van der Waals surface area contributed by atoms with E-state index in [2.05, 4.69) is 5.32 Å². The van der Waals surface area contributed by atoms with Crippen LogP contribution in [0.15, 0.2) is 42.5 Å². The molecule has 32 heavy (non-hydrogen) atoms. The Labute approximate surface area is 188 Å². The standard InChI is InChI=1S/C25H30N2O5/c1-17-4-6-18(7-5-17)21(28)9-11-24(29)27-14-12-20(13-15-27)26-25(30)19-8-10-22(31-2)23(16-19)32-3/h4-8,10,16,20H,9,11-15H2,1-3H3,(H,26,30). The van der Waals surface area contributed by atoms with Gasteiger partial charge in [0.1, 0.15) is 0 Å². The van der Waals surface area contributed by atoms with Crippen LogP contribution in [-0.4, -0.2) is 55.8 Å². The number of carbonyl (C=O) groups excluding carboxylic acids is 3. The molecular formula is C25H30N2O5. The van der Waals surface area contributed by atoms with Crippen molar-refractivity contribution in [1.29, 1.82) is 0 Å². The SMILES string of the molecule is COc1ccc(C(=O)NC2CCN(C(=O)CCC(=O)c3ccc(C)cc3)CC2)cc1OC. The molecule has 0 bridgehead atoms. The first-order valence-electron chi connectivity index (χ1n) is 10.8. The Morgan fingerprint density at radius 2 is 1.53 bits per heavy atom. The first kappa shape index (κ1) is 23.3. The fourth-order valence-corrected chi connectivity index (χ4v) is 3.78. The molecule has 0 saturated carbocycles. The van der Waals surface area contributed by atoms with E-state index in [1.807, 2.05) is 19.1 Å². The van der Waals surface area contributed by atoms with Crippen LogP contribution in [0, 0.1) is 6.92 Å². The van der Waals surface area contributed by atoms with Gasteiger partial charge in [-0.15, -0.1) is 0 Å². The molecule has 0 spiro atoms. The van der Waals surface area contributed by atoms with Crippen molar-refractivity contribution in [2.24, 2.45) is 0 Å². The number of amides is 2. The Balaban J connectivity index is 1.45. The Kier molecular flexibility index (Phi) is 7.87. The van der Waals surface area contributed by atoms with Crippen LogP contribution in [0.2, 0.25) is 0 Å². The van der Waals surface area contributed by atoms with Crippen LogP contribution < -0.4 is 14.8 Å². The first-order valence-corrected chi connectivity index (χ1v) is 10.8. The van der Waals surface area contributed by atoms with Crippen LogP contribution in [0.25, 0.3) is 0 Å². The number of ketones is 1. The van der Waals surface area contributed by atoms with Crippen molar-refractivity contribution in [3.8, 4) is 11.5 Å². The third-order valence-corrected chi connectivity index (χ3v) is 5.77. The molecule has 7 nitrogen and oxygen atoms in total. The third kappa shape index (κ3) is 5.87. The van der Waals surface area contributed by atoms with Gasteiger partial charge in [-0.1, -0.05) is 29.8 Å². The third-order valence-electron chi connectivity index (χ3n) is 5.77. The number of benzene rings is 2. The summed E-state index contributed by atoms with van der Waals surface area (Å²) in [6.45, 7) is 3.10. The summed E-state index contributed by atoms with van der Waals surface area (Å²) in [5.41, 5.74) is 2.23. The predicted octanol–water partition coefficient (Wildman–Crippen LogP) is 3.40. The molecule has 7 heteroatoms. The molecule has 2 aromatic carbocycles. The Morgan fingerprint density at radius 3 is 2.16 bits per heavy atom. The second-order valence-electron chi connectivity index (χ2n) is 7.99. The van der Waals surface area contributed by atoms with Crippen LogP contribution in [0.1, 0.15) is 52.0 Å². The number of nitrogens with one attached hydrogen (secondary N) is 1. The van der Waals surface area contributed by atoms with Crippen molar-refractivity contribution in [3.05, 3.63) is 59.2 Å². The zero-order valence-corrected chi connectivity index (χ0v) is 18.8. The number of hydrogen-bond acceptors (Lipinski definition) is 5. The van der Waals surface area contributed by atoms with Gasteiger partial charge in [-0.3, -0.25) is 14.4 Å². The topological polar surface area (TPSA) is 84.9 Å². The van der Waals surface area contributed by atoms with Crippen LogP contribution in [0.3, 0.4) is 0 Å². The van der Waals surface area contributed by atoms with Crippen LogP contribution >= 0.6 is 0 Å². The zero-order chi connectivity index (χ0) is 23.1. The minimum atomic E-state index is -0.181. The van der Waals surface area contributed by atoms with Gasteiger partial charge in [-0.25, -0.2) is 0 Å². The van der Waals surface area contributed by atoms with Crippen LogP contribution in [-0.2, 0) is 4.79 Å². The average Bonchev–Trinajstić information content (AvgIpc) is 2.82. The lowest BCUT2D eigenvalue weighted by Crippen LogP contribution is -2.46. The molecule has 0 aromatic heterocycles. The molecule has 1 aliphatic rings. The van der Waals surface area contributed by atoms with Gasteiger partial charge in [0, 0.05) is 43.1 Å². The lowest BCUT2D eigenvalue weighted by Gasteiger charge is -2.32. The number of Topliss-reactive ketones (excluding diaryl/α,β-unsaturated/α-hetero) is 1. The number of rotatable bonds is 8. The molecule has 1 aliphatic heterocycles. The van der Waals surface area contributed by atoms with Crippen molar-refractivity contribution < 1.29 is 23.9 Å². The zero-order valence-electron chi connectivity index (χ0n) is 18.8. The van der Waals surface area contributed by atoms with Gasteiger partial charge in [-0.2, -0.15) is 0 Å². The summed E-state index contributed by atoms with van der Waals surface area (Å²) in [4.78, 5) is 39.2. The lowest BCUT2D eigenvalue weighted by atomic mass is 10.0. The fourth-order valence-electron chi connectivity index (χ4n) is 3.78. The number of carbonyl (C=O) groups is 3. The van der Waals surface area contributed by atoms with E-state index in [1.54, 1.807) is 42.3 Å². The molecule has 1 heterocycles. The smallest absolute Gasteiger partial charge is 0.251 e.